The summed E-state index contributed by atoms with van der Waals surface area (Å²) < 4.78 is 6.47. The van der Waals surface area contributed by atoms with Gasteiger partial charge >= 0.3 is 0 Å². The molecule has 0 aromatic heterocycles. The Hall–Kier alpha value is -1.55. The molecule has 0 saturated heterocycles. The summed E-state index contributed by atoms with van der Waals surface area (Å²) >= 11 is 3.54. The Morgan fingerprint density at radius 2 is 1.90 bits per heavy atom. The number of halogens is 1. The highest BCUT2D eigenvalue weighted by Crippen LogP contribution is 2.32. The lowest BCUT2D eigenvalue weighted by Gasteiger charge is -2.20. The van der Waals surface area contributed by atoms with Crippen LogP contribution in [0.4, 0.5) is 0 Å². The minimum absolute atomic E-state index is 0.00815. The predicted octanol–water partition coefficient (Wildman–Crippen LogP) is 3.90. The van der Waals surface area contributed by atoms with Gasteiger partial charge in [0.2, 0.25) is 0 Å². The lowest BCUT2D eigenvalue weighted by molar-refractivity contribution is -0.124. The lowest BCUT2D eigenvalue weighted by atomic mass is 10.1. The molecule has 0 saturated carbocycles. The van der Waals surface area contributed by atoms with E-state index in [2.05, 4.69) is 21.2 Å². The molecule has 0 aliphatic heterocycles. The molecule has 0 unspecified atom stereocenters. The summed E-state index contributed by atoms with van der Waals surface area (Å²) in [6.07, 6.45) is 0. The maximum absolute atomic E-state index is 11.8. The zero-order valence-electron chi connectivity index (χ0n) is 11.9. The number of hydrogen-bond acceptors (Lipinski definition) is 2. The number of nitrogens with one attached hydrogen (secondary N) is 1. The van der Waals surface area contributed by atoms with Crippen molar-refractivity contribution in [2.24, 2.45) is 0 Å². The number of carbonyl (C=O) groups is 1. The lowest BCUT2D eigenvalue weighted by Crippen LogP contribution is -2.43. The van der Waals surface area contributed by atoms with Crippen LogP contribution in [0.2, 0.25) is 0 Å². The van der Waals surface area contributed by atoms with Crippen molar-refractivity contribution in [1.29, 1.82) is 0 Å². The van der Waals surface area contributed by atoms with E-state index in [9.17, 15) is 4.79 Å². The zero-order valence-corrected chi connectivity index (χ0v) is 13.5. The van der Waals surface area contributed by atoms with E-state index in [1.54, 1.807) is 0 Å². The molecule has 0 radical (unpaired) electrons. The topological polar surface area (TPSA) is 38.3 Å². The van der Waals surface area contributed by atoms with Gasteiger partial charge in [0.15, 0.2) is 6.61 Å². The first kappa shape index (κ1) is 14.9. The maximum Gasteiger partial charge on any atom is 0.258 e. The van der Waals surface area contributed by atoms with Crippen LogP contribution in [0.5, 0.6) is 5.75 Å². The predicted molar refractivity (Wildman–Crippen MR) is 85.0 cm³/mol. The van der Waals surface area contributed by atoms with Crippen molar-refractivity contribution in [2.45, 2.75) is 26.3 Å². The molecule has 20 heavy (non-hydrogen) atoms. The molecule has 4 heteroatoms. The van der Waals surface area contributed by atoms with Gasteiger partial charge < -0.3 is 10.1 Å². The van der Waals surface area contributed by atoms with Gasteiger partial charge in [-0.05, 0) is 53.5 Å². The molecule has 2 aromatic carbocycles. The SMILES string of the molecule is CC(C)(C)NC(=O)COc1ccc2ccccc2c1Br. The van der Waals surface area contributed by atoms with Crippen LogP contribution in [-0.2, 0) is 4.79 Å². The maximum atomic E-state index is 11.8. The molecule has 106 valence electrons. The first-order chi connectivity index (χ1) is 9.37. The molecule has 2 aromatic rings. The van der Waals surface area contributed by atoms with Gasteiger partial charge in [-0.2, -0.15) is 0 Å². The molecule has 1 N–H and O–H groups in total. The van der Waals surface area contributed by atoms with Crippen LogP contribution >= 0.6 is 15.9 Å². The van der Waals surface area contributed by atoms with Crippen LogP contribution in [0.3, 0.4) is 0 Å². The molecule has 0 bridgehead atoms. The number of carbonyl (C=O) groups excluding carboxylic acids is 1. The van der Waals surface area contributed by atoms with Gasteiger partial charge in [0.25, 0.3) is 5.91 Å². The van der Waals surface area contributed by atoms with Gasteiger partial charge in [-0.15, -0.1) is 0 Å². The molecular weight excluding hydrogens is 318 g/mol. The first-order valence-corrected chi connectivity index (χ1v) is 7.27. The summed E-state index contributed by atoms with van der Waals surface area (Å²) in [7, 11) is 0. The van der Waals surface area contributed by atoms with E-state index in [0.29, 0.717) is 5.75 Å². The van der Waals surface area contributed by atoms with E-state index >= 15 is 0 Å². The van der Waals surface area contributed by atoms with Crippen LogP contribution in [0.25, 0.3) is 10.8 Å². The van der Waals surface area contributed by atoms with Crippen molar-refractivity contribution >= 4 is 32.6 Å². The Morgan fingerprint density at radius 3 is 2.60 bits per heavy atom. The fourth-order valence-corrected chi connectivity index (χ4v) is 2.53. The molecule has 0 fully saturated rings. The van der Waals surface area contributed by atoms with Crippen molar-refractivity contribution in [3.05, 3.63) is 40.9 Å². The van der Waals surface area contributed by atoms with Gasteiger partial charge in [-0.1, -0.05) is 30.3 Å². The highest BCUT2D eigenvalue weighted by atomic mass is 79.9. The third-order valence-corrected chi connectivity index (χ3v) is 3.52. The molecule has 0 aliphatic carbocycles. The fraction of sp³-hybridized carbons (Fsp3) is 0.312. The summed E-state index contributed by atoms with van der Waals surface area (Å²) in [5.41, 5.74) is -0.249. The molecule has 0 aliphatic rings. The highest BCUT2D eigenvalue weighted by molar-refractivity contribution is 9.10. The number of fused-ring (bicyclic) bond motifs is 1. The number of ether oxygens (including phenoxy) is 1. The number of rotatable bonds is 3. The Labute approximate surface area is 127 Å². The normalized spacial score (nSPS) is 11.4. The van der Waals surface area contributed by atoms with Crippen LogP contribution in [0.1, 0.15) is 20.8 Å². The van der Waals surface area contributed by atoms with E-state index in [1.165, 1.54) is 0 Å². The van der Waals surface area contributed by atoms with Crippen LogP contribution < -0.4 is 10.1 Å². The van der Waals surface area contributed by atoms with Crippen LogP contribution in [-0.4, -0.2) is 18.1 Å². The number of amides is 1. The minimum Gasteiger partial charge on any atom is -0.483 e. The van der Waals surface area contributed by atoms with E-state index in [0.717, 1.165) is 15.2 Å². The van der Waals surface area contributed by atoms with Crippen molar-refractivity contribution in [1.82, 2.24) is 5.32 Å². The second kappa shape index (κ2) is 5.83. The van der Waals surface area contributed by atoms with Crippen molar-refractivity contribution < 1.29 is 9.53 Å². The first-order valence-electron chi connectivity index (χ1n) is 6.48. The van der Waals surface area contributed by atoms with E-state index < -0.39 is 0 Å². The average Bonchev–Trinajstić information content (AvgIpc) is 2.36. The molecular formula is C16H18BrNO2. The fourth-order valence-electron chi connectivity index (χ4n) is 1.92. The average molecular weight is 336 g/mol. The zero-order chi connectivity index (χ0) is 14.8. The summed E-state index contributed by atoms with van der Waals surface area (Å²) in [4.78, 5) is 11.8. The third-order valence-electron chi connectivity index (χ3n) is 2.70. The number of benzene rings is 2. The van der Waals surface area contributed by atoms with E-state index in [-0.39, 0.29) is 18.1 Å². The highest BCUT2D eigenvalue weighted by Gasteiger charge is 2.14. The molecule has 3 nitrogen and oxygen atoms in total. The Bertz CT molecular complexity index is 632. The molecule has 1 amide bonds. The van der Waals surface area contributed by atoms with Crippen molar-refractivity contribution in [3.63, 3.8) is 0 Å². The third kappa shape index (κ3) is 3.73. The van der Waals surface area contributed by atoms with Gasteiger partial charge in [-0.3, -0.25) is 4.79 Å². The van der Waals surface area contributed by atoms with Crippen molar-refractivity contribution in [2.75, 3.05) is 6.61 Å². The number of hydrogen-bond donors (Lipinski definition) is 1. The summed E-state index contributed by atoms with van der Waals surface area (Å²) in [6.45, 7) is 5.83. The molecule has 0 atom stereocenters. The Kier molecular flexibility index (Phi) is 4.33. The van der Waals surface area contributed by atoms with Gasteiger partial charge in [0, 0.05) is 5.54 Å². The Morgan fingerprint density at radius 1 is 1.20 bits per heavy atom. The molecule has 0 spiro atoms. The van der Waals surface area contributed by atoms with Crippen LogP contribution in [0.15, 0.2) is 40.9 Å². The summed E-state index contributed by atoms with van der Waals surface area (Å²) in [6, 6.07) is 11.9. The quantitative estimate of drug-likeness (QED) is 0.923. The second-order valence-electron chi connectivity index (χ2n) is 5.69. The van der Waals surface area contributed by atoms with E-state index in [1.807, 2.05) is 57.2 Å². The Balaban J connectivity index is 2.11. The second-order valence-corrected chi connectivity index (χ2v) is 6.48. The largest absolute Gasteiger partial charge is 0.483 e. The monoisotopic (exact) mass is 335 g/mol. The smallest absolute Gasteiger partial charge is 0.258 e. The van der Waals surface area contributed by atoms with Crippen LogP contribution in [0, 0.1) is 0 Å². The molecule has 2 rings (SSSR count). The summed E-state index contributed by atoms with van der Waals surface area (Å²) in [5.74, 6) is 0.547. The van der Waals surface area contributed by atoms with Gasteiger partial charge in [0.05, 0.1) is 4.47 Å². The molecule has 0 heterocycles. The summed E-state index contributed by atoms with van der Waals surface area (Å²) in [5, 5.41) is 5.07. The van der Waals surface area contributed by atoms with Crippen molar-refractivity contribution in [3.8, 4) is 5.75 Å². The van der Waals surface area contributed by atoms with E-state index in [4.69, 9.17) is 4.74 Å². The minimum atomic E-state index is -0.249. The standard InChI is InChI=1S/C16H18BrNO2/c1-16(2,3)18-14(19)10-20-13-9-8-11-6-4-5-7-12(11)15(13)17/h4-9H,10H2,1-3H3,(H,18,19). The van der Waals surface area contributed by atoms with Gasteiger partial charge in [-0.25, -0.2) is 0 Å². The van der Waals surface area contributed by atoms with Gasteiger partial charge in [0.1, 0.15) is 5.75 Å².